The number of hydrogen-bond donors (Lipinski definition) is 3. The minimum Gasteiger partial charge on any atom is -0.358 e. The summed E-state index contributed by atoms with van der Waals surface area (Å²) in [6, 6.07) is -0.154. The summed E-state index contributed by atoms with van der Waals surface area (Å²) in [4.78, 5) is 10.9. The first-order chi connectivity index (χ1) is 4.76. The normalized spacial score (nSPS) is 12.7. The number of thiol groups is 1. The van der Waals surface area contributed by atoms with E-state index < -0.39 is 0 Å². The number of nitrogens with one attached hydrogen (secondary N) is 2. The lowest BCUT2D eigenvalue weighted by atomic mass is 10.3. The van der Waals surface area contributed by atoms with Crippen LogP contribution in [-0.4, -0.2) is 31.3 Å². The number of carbonyl (C=O) groups excluding carboxylic acids is 1. The van der Waals surface area contributed by atoms with E-state index >= 15 is 0 Å². The van der Waals surface area contributed by atoms with Gasteiger partial charge in [-0.2, -0.15) is 12.6 Å². The van der Waals surface area contributed by atoms with Crippen LogP contribution in [-0.2, 0) is 4.79 Å². The van der Waals surface area contributed by atoms with Gasteiger partial charge in [-0.25, -0.2) is 0 Å². The second-order valence-corrected chi connectivity index (χ2v) is 2.27. The topological polar surface area (TPSA) is 41.1 Å². The van der Waals surface area contributed by atoms with Crippen LogP contribution in [0, 0.1) is 0 Å². The Kier molecular flexibility index (Phi) is 5.43. The third kappa shape index (κ3) is 3.08. The summed E-state index contributed by atoms with van der Waals surface area (Å²) >= 11 is 4.02. The molecule has 0 aromatic rings. The minimum absolute atomic E-state index is 0.00292. The van der Waals surface area contributed by atoms with E-state index in [1.54, 1.807) is 7.05 Å². The zero-order valence-corrected chi connectivity index (χ0v) is 7.24. The molecule has 0 bridgehead atoms. The molecule has 0 fully saturated rings. The highest BCUT2D eigenvalue weighted by Crippen LogP contribution is 1.86. The van der Waals surface area contributed by atoms with Gasteiger partial charge in [0.15, 0.2) is 0 Å². The standard InChI is InChI=1S/C6H14N2OS/c1-3-8-5(4-10)6(9)7-2/h5,8,10H,3-4H2,1-2H3,(H,7,9)/t5-/m0/s1. The molecule has 1 amide bonds. The van der Waals surface area contributed by atoms with Gasteiger partial charge in [0.1, 0.15) is 0 Å². The molecule has 0 aromatic carbocycles. The van der Waals surface area contributed by atoms with Crippen molar-refractivity contribution in [1.82, 2.24) is 10.6 Å². The Balaban J connectivity index is 3.68. The summed E-state index contributed by atoms with van der Waals surface area (Å²) in [5.74, 6) is 0.532. The fourth-order valence-corrected chi connectivity index (χ4v) is 0.956. The zero-order chi connectivity index (χ0) is 7.98. The van der Waals surface area contributed by atoms with Gasteiger partial charge in [-0.05, 0) is 6.54 Å². The average Bonchev–Trinajstić information content (AvgIpc) is 1.99. The average molecular weight is 162 g/mol. The SMILES string of the molecule is CCN[C@@H](CS)C(=O)NC. The molecule has 0 unspecified atom stereocenters. The van der Waals surface area contributed by atoms with Crippen molar-refractivity contribution in [2.24, 2.45) is 0 Å². The summed E-state index contributed by atoms with van der Waals surface area (Å²) in [6.07, 6.45) is 0. The molecule has 0 saturated carbocycles. The van der Waals surface area contributed by atoms with Crippen LogP contribution >= 0.6 is 12.6 Å². The van der Waals surface area contributed by atoms with Gasteiger partial charge in [-0.1, -0.05) is 6.92 Å². The fourth-order valence-electron chi connectivity index (χ4n) is 0.661. The Labute approximate surface area is 67.0 Å². The number of carbonyl (C=O) groups is 1. The first kappa shape index (κ1) is 9.78. The molecule has 3 nitrogen and oxygen atoms in total. The van der Waals surface area contributed by atoms with Crippen LogP contribution in [0.3, 0.4) is 0 Å². The predicted octanol–water partition coefficient (Wildman–Crippen LogP) is -0.360. The third-order valence-electron chi connectivity index (χ3n) is 1.20. The van der Waals surface area contributed by atoms with Crippen LogP contribution in [0.1, 0.15) is 6.92 Å². The van der Waals surface area contributed by atoms with Crippen molar-refractivity contribution < 1.29 is 4.79 Å². The number of rotatable bonds is 4. The largest absolute Gasteiger partial charge is 0.358 e. The van der Waals surface area contributed by atoms with Crippen LogP contribution in [0.5, 0.6) is 0 Å². The van der Waals surface area contributed by atoms with Gasteiger partial charge in [0, 0.05) is 12.8 Å². The zero-order valence-electron chi connectivity index (χ0n) is 6.35. The second kappa shape index (κ2) is 5.56. The molecule has 1 atom stereocenters. The quantitative estimate of drug-likeness (QED) is 0.494. The summed E-state index contributed by atoms with van der Waals surface area (Å²) in [5.41, 5.74) is 0. The van der Waals surface area contributed by atoms with Gasteiger partial charge >= 0.3 is 0 Å². The molecule has 0 aromatic heterocycles. The Bertz CT molecular complexity index is 108. The molecule has 0 spiro atoms. The molecule has 4 heteroatoms. The molecule has 0 aliphatic rings. The van der Waals surface area contributed by atoms with E-state index in [9.17, 15) is 4.79 Å². The van der Waals surface area contributed by atoms with Crippen molar-refractivity contribution in [1.29, 1.82) is 0 Å². The van der Waals surface area contributed by atoms with E-state index in [4.69, 9.17) is 0 Å². The summed E-state index contributed by atoms with van der Waals surface area (Å²) in [7, 11) is 1.62. The summed E-state index contributed by atoms with van der Waals surface area (Å²) < 4.78 is 0. The first-order valence-corrected chi connectivity index (χ1v) is 3.95. The number of hydrogen-bond acceptors (Lipinski definition) is 3. The fraction of sp³-hybridized carbons (Fsp3) is 0.833. The van der Waals surface area contributed by atoms with E-state index in [-0.39, 0.29) is 11.9 Å². The number of likely N-dealkylation sites (N-methyl/N-ethyl adjacent to an activating group) is 2. The maximum atomic E-state index is 10.9. The first-order valence-electron chi connectivity index (χ1n) is 3.32. The maximum Gasteiger partial charge on any atom is 0.237 e. The molecule has 0 aliphatic heterocycles. The Morgan fingerprint density at radius 3 is 2.60 bits per heavy atom. The van der Waals surface area contributed by atoms with Crippen LogP contribution < -0.4 is 10.6 Å². The molecule has 0 saturated heterocycles. The maximum absolute atomic E-state index is 10.9. The molecule has 0 heterocycles. The Hall–Kier alpha value is -0.220. The van der Waals surface area contributed by atoms with Crippen molar-refractivity contribution in [3.63, 3.8) is 0 Å². The van der Waals surface area contributed by atoms with Crippen LogP contribution in [0.15, 0.2) is 0 Å². The van der Waals surface area contributed by atoms with Gasteiger partial charge in [-0.3, -0.25) is 4.79 Å². The van der Waals surface area contributed by atoms with Crippen molar-refractivity contribution in [3.8, 4) is 0 Å². The van der Waals surface area contributed by atoms with Crippen molar-refractivity contribution in [3.05, 3.63) is 0 Å². The molecule has 60 valence electrons. The molecular formula is C6H14N2OS. The third-order valence-corrected chi connectivity index (χ3v) is 1.56. The highest BCUT2D eigenvalue weighted by molar-refractivity contribution is 7.80. The highest BCUT2D eigenvalue weighted by Gasteiger charge is 2.12. The van der Waals surface area contributed by atoms with Crippen molar-refractivity contribution >= 4 is 18.5 Å². The van der Waals surface area contributed by atoms with E-state index in [0.717, 1.165) is 6.54 Å². The minimum atomic E-state index is -0.154. The van der Waals surface area contributed by atoms with Crippen molar-refractivity contribution in [2.45, 2.75) is 13.0 Å². The van der Waals surface area contributed by atoms with Gasteiger partial charge in [0.2, 0.25) is 5.91 Å². The number of amides is 1. The molecular weight excluding hydrogens is 148 g/mol. The summed E-state index contributed by atoms with van der Waals surface area (Å²) in [5, 5.41) is 5.54. The lowest BCUT2D eigenvalue weighted by Gasteiger charge is -2.12. The van der Waals surface area contributed by atoms with Gasteiger partial charge in [0.25, 0.3) is 0 Å². The molecule has 0 aliphatic carbocycles. The van der Waals surface area contributed by atoms with Crippen LogP contribution in [0.2, 0.25) is 0 Å². The van der Waals surface area contributed by atoms with Crippen LogP contribution in [0.25, 0.3) is 0 Å². The van der Waals surface area contributed by atoms with E-state index in [1.165, 1.54) is 0 Å². The molecule has 0 radical (unpaired) electrons. The van der Waals surface area contributed by atoms with E-state index in [1.807, 2.05) is 6.92 Å². The van der Waals surface area contributed by atoms with Crippen LogP contribution in [0.4, 0.5) is 0 Å². The van der Waals surface area contributed by atoms with E-state index in [0.29, 0.717) is 5.75 Å². The smallest absolute Gasteiger partial charge is 0.237 e. The second-order valence-electron chi connectivity index (χ2n) is 1.91. The van der Waals surface area contributed by atoms with Crippen molar-refractivity contribution in [2.75, 3.05) is 19.3 Å². The highest BCUT2D eigenvalue weighted by atomic mass is 32.1. The summed E-state index contributed by atoms with van der Waals surface area (Å²) in [6.45, 7) is 2.75. The van der Waals surface area contributed by atoms with E-state index in [2.05, 4.69) is 23.3 Å². The predicted molar refractivity (Wildman–Crippen MR) is 45.4 cm³/mol. The monoisotopic (exact) mass is 162 g/mol. The lowest BCUT2D eigenvalue weighted by molar-refractivity contribution is -0.122. The van der Waals surface area contributed by atoms with Gasteiger partial charge < -0.3 is 10.6 Å². The lowest BCUT2D eigenvalue weighted by Crippen LogP contribution is -2.44. The van der Waals surface area contributed by atoms with Gasteiger partial charge in [0.05, 0.1) is 6.04 Å². The molecule has 0 rings (SSSR count). The Morgan fingerprint density at radius 1 is 1.70 bits per heavy atom. The molecule has 2 N–H and O–H groups in total. The Morgan fingerprint density at radius 2 is 2.30 bits per heavy atom. The molecule has 10 heavy (non-hydrogen) atoms. The van der Waals surface area contributed by atoms with Gasteiger partial charge in [-0.15, -0.1) is 0 Å².